The third-order valence-corrected chi connectivity index (χ3v) is 4.73. The van der Waals surface area contributed by atoms with E-state index in [4.69, 9.17) is 9.72 Å². The lowest BCUT2D eigenvalue weighted by atomic mass is 10.1. The molecule has 2 aromatic rings. The molecule has 0 bridgehead atoms. The highest BCUT2D eigenvalue weighted by Gasteiger charge is 2.33. The minimum absolute atomic E-state index is 0.0169. The van der Waals surface area contributed by atoms with E-state index in [1.807, 2.05) is 6.92 Å². The maximum absolute atomic E-state index is 11.7. The molecule has 3 nitrogen and oxygen atoms in total. The Morgan fingerprint density at radius 2 is 2.10 bits per heavy atom. The van der Waals surface area contributed by atoms with Gasteiger partial charge in [-0.15, -0.1) is 0 Å². The first-order valence-electron chi connectivity index (χ1n) is 6.78. The molecule has 0 aliphatic carbocycles. The fourth-order valence-corrected chi connectivity index (χ4v) is 3.75. The lowest BCUT2D eigenvalue weighted by molar-refractivity contribution is -0.140. The second kappa shape index (κ2) is 5.09. The third kappa shape index (κ3) is 2.40. The van der Waals surface area contributed by atoms with Crippen molar-refractivity contribution in [3.8, 4) is 0 Å². The van der Waals surface area contributed by atoms with Crippen LogP contribution in [-0.4, -0.2) is 22.3 Å². The van der Waals surface area contributed by atoms with Gasteiger partial charge in [0.25, 0.3) is 0 Å². The normalized spacial score (nSPS) is 22.2. The van der Waals surface area contributed by atoms with E-state index in [2.05, 4.69) is 38.1 Å². The van der Waals surface area contributed by atoms with Gasteiger partial charge in [-0.3, -0.25) is 4.79 Å². The smallest absolute Gasteiger partial charge is 0.319 e. The fraction of sp³-hybridized carbons (Fsp3) is 0.375. The van der Waals surface area contributed by atoms with Crippen LogP contribution in [0.15, 0.2) is 29.3 Å². The third-order valence-electron chi connectivity index (χ3n) is 3.61. The molecule has 20 heavy (non-hydrogen) atoms. The van der Waals surface area contributed by atoms with Crippen LogP contribution in [0.3, 0.4) is 0 Å². The summed E-state index contributed by atoms with van der Waals surface area (Å²) in [5.41, 5.74) is 3.38. The van der Waals surface area contributed by atoms with Crippen molar-refractivity contribution >= 4 is 28.6 Å². The summed E-state index contributed by atoms with van der Waals surface area (Å²) in [7, 11) is 0. The average Bonchev–Trinajstić information content (AvgIpc) is 2.69. The van der Waals surface area contributed by atoms with Crippen LogP contribution in [0.25, 0.3) is 10.9 Å². The molecular weight excluding hydrogens is 270 g/mol. The van der Waals surface area contributed by atoms with Gasteiger partial charge in [0.2, 0.25) is 0 Å². The molecule has 2 atom stereocenters. The van der Waals surface area contributed by atoms with Crippen molar-refractivity contribution in [2.75, 3.05) is 0 Å². The van der Waals surface area contributed by atoms with Crippen molar-refractivity contribution in [3.05, 3.63) is 35.4 Å². The van der Waals surface area contributed by atoms with Gasteiger partial charge in [0.05, 0.1) is 10.5 Å². The van der Waals surface area contributed by atoms with Crippen molar-refractivity contribution < 1.29 is 9.53 Å². The zero-order valence-electron chi connectivity index (χ0n) is 11.8. The highest BCUT2D eigenvalue weighted by atomic mass is 32.2. The lowest BCUT2D eigenvalue weighted by Gasteiger charge is -2.09. The van der Waals surface area contributed by atoms with Crippen LogP contribution in [0.2, 0.25) is 0 Å². The quantitative estimate of drug-likeness (QED) is 0.790. The largest absolute Gasteiger partial charge is 0.462 e. The Bertz CT molecular complexity index is 683. The molecule has 1 aliphatic rings. The number of aromatic nitrogens is 1. The Morgan fingerprint density at radius 1 is 1.30 bits per heavy atom. The Labute approximate surface area is 122 Å². The number of hydrogen-bond donors (Lipinski definition) is 0. The van der Waals surface area contributed by atoms with Crippen molar-refractivity contribution in [2.24, 2.45) is 0 Å². The number of pyridine rings is 1. The van der Waals surface area contributed by atoms with Crippen LogP contribution >= 0.6 is 11.8 Å². The first-order chi connectivity index (χ1) is 9.54. The number of fused-ring (bicyclic) bond motifs is 1. The number of nitrogens with zero attached hydrogens (tertiary/aromatic N) is 1. The summed E-state index contributed by atoms with van der Waals surface area (Å²) in [5, 5.41) is 1.95. The van der Waals surface area contributed by atoms with E-state index in [0.717, 1.165) is 22.5 Å². The Balaban J connectivity index is 1.97. The number of ether oxygens (including phenoxy) is 1. The van der Waals surface area contributed by atoms with Crippen molar-refractivity contribution in [1.82, 2.24) is 4.98 Å². The average molecular weight is 287 g/mol. The summed E-state index contributed by atoms with van der Waals surface area (Å²) in [4.78, 5) is 16.4. The Hall–Kier alpha value is -1.55. The van der Waals surface area contributed by atoms with Gasteiger partial charge in [0.1, 0.15) is 11.4 Å². The molecule has 1 saturated heterocycles. The van der Waals surface area contributed by atoms with Gasteiger partial charge < -0.3 is 4.74 Å². The van der Waals surface area contributed by atoms with Crippen LogP contribution in [0.1, 0.15) is 24.5 Å². The molecule has 3 rings (SSSR count). The summed E-state index contributed by atoms with van der Waals surface area (Å²) in [6, 6.07) is 8.26. The van der Waals surface area contributed by atoms with Crippen LogP contribution in [-0.2, 0) is 9.53 Å². The van der Waals surface area contributed by atoms with Gasteiger partial charge in [-0.05, 0) is 38.0 Å². The topological polar surface area (TPSA) is 39.2 Å². The Morgan fingerprint density at radius 3 is 2.80 bits per heavy atom. The zero-order valence-corrected chi connectivity index (χ0v) is 12.7. The molecule has 104 valence electrons. The number of aryl methyl sites for hydroxylation is 2. The van der Waals surface area contributed by atoms with Gasteiger partial charge in [-0.25, -0.2) is 4.98 Å². The number of carbonyl (C=O) groups excluding carboxylic acids is 1. The predicted octanol–water partition coefficient (Wildman–Crippen LogP) is 3.65. The van der Waals surface area contributed by atoms with Crippen LogP contribution in [0.5, 0.6) is 0 Å². The lowest BCUT2D eigenvalue weighted by Crippen LogP contribution is -2.09. The van der Waals surface area contributed by atoms with Gasteiger partial charge >= 0.3 is 5.97 Å². The van der Waals surface area contributed by atoms with E-state index < -0.39 is 0 Å². The highest BCUT2D eigenvalue weighted by Crippen LogP contribution is 2.33. The molecule has 1 aromatic heterocycles. The van der Waals surface area contributed by atoms with E-state index in [1.54, 1.807) is 0 Å². The van der Waals surface area contributed by atoms with Crippen molar-refractivity contribution in [3.63, 3.8) is 0 Å². The molecule has 0 unspecified atom stereocenters. The second-order valence-corrected chi connectivity index (χ2v) is 6.56. The van der Waals surface area contributed by atoms with Crippen molar-refractivity contribution in [1.29, 1.82) is 0 Å². The summed E-state index contributed by atoms with van der Waals surface area (Å²) >= 11 is 1.52. The number of benzene rings is 1. The SMILES string of the molecule is Cc1cc(S[C@H]2C[C@H](C)OC2=O)nc2c(C)cccc12. The van der Waals surface area contributed by atoms with Crippen molar-refractivity contribution in [2.45, 2.75) is 43.6 Å². The molecule has 1 aliphatic heterocycles. The van der Waals surface area contributed by atoms with Gasteiger partial charge in [0, 0.05) is 11.8 Å². The molecule has 1 fully saturated rings. The van der Waals surface area contributed by atoms with E-state index in [9.17, 15) is 4.79 Å². The number of carbonyl (C=O) groups is 1. The van der Waals surface area contributed by atoms with Crippen LogP contribution in [0, 0.1) is 13.8 Å². The summed E-state index contributed by atoms with van der Waals surface area (Å²) in [6.45, 7) is 6.08. The molecular formula is C16H17NO2S. The molecule has 0 radical (unpaired) electrons. The van der Waals surface area contributed by atoms with Crippen LogP contribution in [0.4, 0.5) is 0 Å². The number of cyclic esters (lactones) is 1. The first kappa shape index (κ1) is 13.4. The molecule has 0 amide bonds. The second-order valence-electron chi connectivity index (χ2n) is 5.34. The van der Waals surface area contributed by atoms with Gasteiger partial charge in [0.15, 0.2) is 0 Å². The van der Waals surface area contributed by atoms with E-state index >= 15 is 0 Å². The molecule has 1 aromatic carbocycles. The maximum atomic E-state index is 11.7. The van der Waals surface area contributed by atoms with E-state index in [0.29, 0.717) is 0 Å². The monoisotopic (exact) mass is 287 g/mol. The summed E-state index contributed by atoms with van der Waals surface area (Å²) in [5.74, 6) is -0.119. The molecule has 0 spiro atoms. The Kier molecular flexibility index (Phi) is 3.42. The zero-order chi connectivity index (χ0) is 14.3. The molecule has 2 heterocycles. The van der Waals surface area contributed by atoms with Gasteiger partial charge in [-0.2, -0.15) is 0 Å². The summed E-state index contributed by atoms with van der Waals surface area (Å²) in [6.07, 6.45) is 0.777. The predicted molar refractivity (Wildman–Crippen MR) is 81.0 cm³/mol. The standard InChI is InChI=1S/C16H17NO2S/c1-9-5-4-6-12-10(2)7-14(17-15(9)12)20-13-8-11(3)19-16(13)18/h4-7,11,13H,8H2,1-3H3/t11-,13-/m0/s1. The van der Waals surface area contributed by atoms with E-state index in [1.165, 1.54) is 22.7 Å². The number of esters is 1. The number of para-hydroxylation sites is 1. The first-order valence-corrected chi connectivity index (χ1v) is 7.66. The number of hydrogen-bond acceptors (Lipinski definition) is 4. The minimum Gasteiger partial charge on any atom is -0.462 e. The minimum atomic E-state index is -0.127. The van der Waals surface area contributed by atoms with Gasteiger partial charge in [-0.1, -0.05) is 30.0 Å². The fourth-order valence-electron chi connectivity index (χ4n) is 2.55. The maximum Gasteiger partial charge on any atom is 0.319 e. The molecule has 0 N–H and O–H groups in total. The number of thioether (sulfide) groups is 1. The highest BCUT2D eigenvalue weighted by molar-refractivity contribution is 8.00. The molecule has 4 heteroatoms. The van der Waals surface area contributed by atoms with E-state index in [-0.39, 0.29) is 17.3 Å². The summed E-state index contributed by atoms with van der Waals surface area (Å²) < 4.78 is 5.20. The van der Waals surface area contributed by atoms with Crippen LogP contribution < -0.4 is 0 Å². The number of rotatable bonds is 2. The molecule has 0 saturated carbocycles.